The van der Waals surface area contributed by atoms with Gasteiger partial charge in [0.25, 0.3) is 0 Å². The second-order valence-electron chi connectivity index (χ2n) is 12.6. The van der Waals surface area contributed by atoms with Crippen LogP contribution in [0.3, 0.4) is 0 Å². The topological polar surface area (TPSA) is 57.4 Å². The van der Waals surface area contributed by atoms with Gasteiger partial charge in [0.15, 0.2) is 0 Å². The van der Waals surface area contributed by atoms with Gasteiger partial charge in [0.1, 0.15) is 0 Å². The normalized spacial score (nSPS) is 12.1. The van der Waals surface area contributed by atoms with Gasteiger partial charge in [0.05, 0.1) is 22.8 Å². The van der Waals surface area contributed by atoms with Crippen molar-refractivity contribution in [1.82, 2.24) is 19.9 Å². The van der Waals surface area contributed by atoms with Crippen LogP contribution in [0.25, 0.3) is 90.9 Å². The van der Waals surface area contributed by atoms with Crippen molar-refractivity contribution in [2.45, 2.75) is 19.6 Å². The molecule has 5 heterocycles. The Morgan fingerprint density at radius 1 is 0.308 bits per heavy atom. The van der Waals surface area contributed by atoms with Crippen molar-refractivity contribution in [3.05, 3.63) is 144 Å². The molecule has 0 radical (unpaired) electrons. The Bertz CT molecular complexity index is 2440. The fourth-order valence-electron chi connectivity index (χ4n) is 7.08. The number of nitrogens with one attached hydrogen (secondary N) is 2. The summed E-state index contributed by atoms with van der Waals surface area (Å²) in [6.07, 6.45) is 8.34. The van der Waals surface area contributed by atoms with Gasteiger partial charge in [-0.05, 0) is 95.1 Å². The molecule has 7 aromatic rings. The minimum Gasteiger partial charge on any atom is -0.354 e. The molecular formula is C44H30N4S4. The summed E-state index contributed by atoms with van der Waals surface area (Å²) in [4.78, 5) is 21.7. The second-order valence-corrected chi connectivity index (χ2v) is 14.5. The molecule has 3 aromatic heterocycles. The number of thiol groups is 4. The Kier molecular flexibility index (Phi) is 8.48. The number of rotatable bonds is 4. The maximum Gasteiger partial charge on any atom is 0.0737 e. The summed E-state index contributed by atoms with van der Waals surface area (Å²) in [6, 6.07) is 41.0. The van der Waals surface area contributed by atoms with E-state index in [1.165, 1.54) is 0 Å². The molecule has 0 fully saturated rings. The first-order chi connectivity index (χ1) is 25.4. The zero-order valence-corrected chi connectivity index (χ0v) is 31.1. The maximum absolute atomic E-state index is 5.37. The molecule has 8 bridgehead atoms. The molecule has 0 aliphatic carbocycles. The predicted molar refractivity (Wildman–Crippen MR) is 230 cm³/mol. The van der Waals surface area contributed by atoms with Gasteiger partial charge in [0, 0.05) is 63.9 Å². The molecule has 0 spiro atoms. The Labute approximate surface area is 323 Å². The molecule has 0 saturated carbocycles. The number of aromatic amines is 2. The molecule has 2 aliphatic rings. The fraction of sp³-hybridized carbons (Fsp3) is 0. The second kappa shape index (κ2) is 13.5. The lowest BCUT2D eigenvalue weighted by atomic mass is 10.0. The van der Waals surface area contributed by atoms with E-state index < -0.39 is 0 Å². The number of aromatic nitrogens is 4. The minimum atomic E-state index is 0.819. The number of benzene rings is 4. The summed E-state index contributed by atoms with van der Waals surface area (Å²) >= 11 is 19.7. The molecule has 2 N–H and O–H groups in total. The first-order valence-corrected chi connectivity index (χ1v) is 18.5. The lowest BCUT2D eigenvalue weighted by Crippen LogP contribution is -1.91. The minimum absolute atomic E-state index is 0.819. The fourth-order valence-corrected chi connectivity index (χ4v) is 8.17. The molecule has 2 aliphatic heterocycles. The average Bonchev–Trinajstić information content (AvgIpc) is 3.99. The van der Waals surface area contributed by atoms with Gasteiger partial charge < -0.3 is 9.97 Å². The molecule has 9 rings (SSSR count). The van der Waals surface area contributed by atoms with E-state index in [-0.39, 0.29) is 0 Å². The van der Waals surface area contributed by atoms with Crippen LogP contribution >= 0.6 is 50.5 Å². The molecule has 8 heteroatoms. The molecular weight excluding hydrogens is 713 g/mol. The summed E-state index contributed by atoms with van der Waals surface area (Å²) in [5, 5.41) is 0. The quantitative estimate of drug-likeness (QED) is 0.102. The number of nitrogens with zero attached hydrogens (tertiary/aromatic N) is 2. The van der Waals surface area contributed by atoms with Gasteiger partial charge in [-0.15, -0.1) is 50.5 Å². The standard InChI is InChI=1S/C44H30N4S4/c49-37-13-5-1-9-25(37)41-29-17-19-31(45-29)42(26-10-2-6-14-38(26)50)33-21-23-35(47-33)44(28-12-4-8-16-40(28)52)36-24-22-34(48-36)43(32-20-18-30(41)46-32)27-11-3-7-15-39(27)51/h1-24,45,48-52H. The Morgan fingerprint density at radius 2 is 0.538 bits per heavy atom. The summed E-state index contributed by atoms with van der Waals surface area (Å²) in [5.74, 6) is 0. The van der Waals surface area contributed by atoms with E-state index in [1.54, 1.807) is 0 Å². The summed E-state index contributed by atoms with van der Waals surface area (Å²) in [5.41, 5.74) is 14.5. The monoisotopic (exact) mass is 742 g/mol. The van der Waals surface area contributed by atoms with E-state index in [2.05, 4.69) is 82.8 Å². The van der Waals surface area contributed by atoms with Gasteiger partial charge in [-0.2, -0.15) is 0 Å². The van der Waals surface area contributed by atoms with Crippen molar-refractivity contribution < 1.29 is 0 Å². The Morgan fingerprint density at radius 3 is 0.769 bits per heavy atom. The molecule has 0 saturated heterocycles. The van der Waals surface area contributed by atoms with Crippen LogP contribution in [-0.4, -0.2) is 19.9 Å². The van der Waals surface area contributed by atoms with Crippen molar-refractivity contribution in [2.75, 3.05) is 0 Å². The molecule has 4 nitrogen and oxygen atoms in total. The van der Waals surface area contributed by atoms with Gasteiger partial charge in [-0.1, -0.05) is 72.8 Å². The molecule has 4 aromatic carbocycles. The molecule has 52 heavy (non-hydrogen) atoms. The summed E-state index contributed by atoms with van der Waals surface area (Å²) < 4.78 is 0. The third kappa shape index (κ3) is 5.72. The van der Waals surface area contributed by atoms with Crippen molar-refractivity contribution in [3.63, 3.8) is 0 Å². The highest BCUT2D eigenvalue weighted by Crippen LogP contribution is 2.41. The van der Waals surface area contributed by atoms with Crippen LogP contribution in [0.1, 0.15) is 22.8 Å². The smallest absolute Gasteiger partial charge is 0.0737 e. The maximum atomic E-state index is 5.37. The molecule has 250 valence electrons. The highest BCUT2D eigenvalue weighted by molar-refractivity contribution is 7.81. The number of hydrogen-bond donors (Lipinski definition) is 6. The van der Waals surface area contributed by atoms with Gasteiger partial charge in [0.2, 0.25) is 0 Å². The van der Waals surface area contributed by atoms with Crippen LogP contribution in [0, 0.1) is 0 Å². The van der Waals surface area contributed by atoms with E-state index in [0.29, 0.717) is 0 Å². The third-order valence-electron chi connectivity index (χ3n) is 9.45. The van der Waals surface area contributed by atoms with E-state index in [9.17, 15) is 0 Å². The Hall–Kier alpha value is -5.12. The van der Waals surface area contributed by atoms with E-state index in [1.807, 2.05) is 72.8 Å². The highest BCUT2D eigenvalue weighted by atomic mass is 32.1. The molecule has 0 unspecified atom stereocenters. The van der Waals surface area contributed by atoms with Crippen LogP contribution in [0.15, 0.2) is 141 Å². The van der Waals surface area contributed by atoms with Crippen molar-refractivity contribution in [3.8, 4) is 44.5 Å². The number of hydrogen-bond acceptors (Lipinski definition) is 6. The van der Waals surface area contributed by atoms with Crippen molar-refractivity contribution in [2.24, 2.45) is 0 Å². The third-order valence-corrected chi connectivity index (χ3v) is 11.0. The highest BCUT2D eigenvalue weighted by Gasteiger charge is 2.21. The lowest BCUT2D eigenvalue weighted by molar-refractivity contribution is 1.29. The van der Waals surface area contributed by atoms with Crippen LogP contribution < -0.4 is 0 Å². The van der Waals surface area contributed by atoms with E-state index >= 15 is 0 Å². The van der Waals surface area contributed by atoms with Crippen LogP contribution in [0.4, 0.5) is 0 Å². The van der Waals surface area contributed by atoms with Crippen LogP contribution in [0.2, 0.25) is 0 Å². The lowest BCUT2D eigenvalue weighted by Gasteiger charge is -2.09. The summed E-state index contributed by atoms with van der Waals surface area (Å²) in [7, 11) is 0. The summed E-state index contributed by atoms with van der Waals surface area (Å²) in [6.45, 7) is 0. The number of fused-ring (bicyclic) bond motifs is 8. The van der Waals surface area contributed by atoms with Crippen molar-refractivity contribution in [1.29, 1.82) is 0 Å². The predicted octanol–water partition coefficient (Wildman–Crippen LogP) is 12.5. The van der Waals surface area contributed by atoms with Crippen LogP contribution in [0.5, 0.6) is 0 Å². The Balaban J connectivity index is 1.51. The van der Waals surface area contributed by atoms with Gasteiger partial charge in [-0.3, -0.25) is 0 Å². The zero-order chi connectivity index (χ0) is 35.3. The van der Waals surface area contributed by atoms with Crippen molar-refractivity contribution >= 4 is 96.9 Å². The first kappa shape index (κ1) is 32.8. The van der Waals surface area contributed by atoms with Gasteiger partial charge in [-0.25, -0.2) is 9.97 Å². The average molecular weight is 743 g/mol. The molecule has 0 atom stereocenters. The van der Waals surface area contributed by atoms with Crippen LogP contribution in [-0.2, 0) is 0 Å². The number of H-pyrrole nitrogens is 2. The SMILES string of the molecule is Sc1ccccc1-c1c2nc(c(-c3ccccc3S)c3ccc([nH]3)c(-c3ccccc3S)c3nc(c(-c4ccccc4S)c4ccc1[nH]4)C=C3)C=C2. The van der Waals surface area contributed by atoms with E-state index in [0.717, 1.165) is 109 Å². The van der Waals surface area contributed by atoms with Gasteiger partial charge >= 0.3 is 0 Å². The zero-order valence-electron chi connectivity index (χ0n) is 27.5. The largest absolute Gasteiger partial charge is 0.354 e. The first-order valence-electron chi connectivity index (χ1n) is 16.7. The van der Waals surface area contributed by atoms with E-state index in [4.69, 9.17) is 60.5 Å². The molecule has 0 amide bonds.